The summed E-state index contributed by atoms with van der Waals surface area (Å²) in [4.78, 5) is 10.6. The topological polar surface area (TPSA) is 116 Å². The fraction of sp³-hybridized carbons (Fsp3) is 0.118. The van der Waals surface area contributed by atoms with Crippen molar-refractivity contribution in [3.63, 3.8) is 0 Å². The molecule has 0 saturated carbocycles. The summed E-state index contributed by atoms with van der Waals surface area (Å²) in [7, 11) is -2.40. The van der Waals surface area contributed by atoms with Gasteiger partial charge in [-0.15, -0.1) is 0 Å². The van der Waals surface area contributed by atoms with E-state index >= 15 is 0 Å². The van der Waals surface area contributed by atoms with Crippen LogP contribution < -0.4 is 9.46 Å². The van der Waals surface area contributed by atoms with E-state index in [-0.39, 0.29) is 22.0 Å². The number of sulfonamides is 1. The summed E-state index contributed by atoms with van der Waals surface area (Å²) < 4.78 is 34.6. The standard InChI is InChI=1S/C17H15ClN4O5S/c1-11-17(10-21(2)19-11)28(25,26)20-13-7-14(22(23)24)9-16(8-13)27-15-5-3-12(18)4-6-15/h3-10,20H,1-2H3. The number of nitro groups is 1. The van der Waals surface area contributed by atoms with E-state index in [1.54, 1.807) is 38.2 Å². The van der Waals surface area contributed by atoms with E-state index in [1.165, 1.54) is 23.0 Å². The van der Waals surface area contributed by atoms with Gasteiger partial charge in [-0.1, -0.05) is 11.6 Å². The minimum absolute atomic E-state index is 0.0126. The Labute approximate surface area is 165 Å². The molecule has 0 fully saturated rings. The molecule has 0 radical (unpaired) electrons. The summed E-state index contributed by atoms with van der Waals surface area (Å²) in [5.74, 6) is 0.485. The smallest absolute Gasteiger partial charge is 0.275 e. The van der Waals surface area contributed by atoms with Gasteiger partial charge in [-0.25, -0.2) is 8.42 Å². The number of anilines is 1. The van der Waals surface area contributed by atoms with E-state index in [2.05, 4.69) is 9.82 Å². The van der Waals surface area contributed by atoms with Gasteiger partial charge in [0.2, 0.25) is 0 Å². The molecule has 0 saturated heterocycles. The molecule has 0 bridgehead atoms. The predicted octanol–water partition coefficient (Wildman–Crippen LogP) is 3.88. The van der Waals surface area contributed by atoms with E-state index in [0.717, 1.165) is 6.07 Å². The summed E-state index contributed by atoms with van der Waals surface area (Å²) in [6, 6.07) is 10.0. The van der Waals surface area contributed by atoms with E-state index in [0.29, 0.717) is 16.5 Å². The Bertz CT molecular complexity index is 1140. The largest absolute Gasteiger partial charge is 0.457 e. The summed E-state index contributed by atoms with van der Waals surface area (Å²) in [5, 5.41) is 15.7. The van der Waals surface area contributed by atoms with Crippen LogP contribution in [0.25, 0.3) is 0 Å². The lowest BCUT2D eigenvalue weighted by molar-refractivity contribution is -0.384. The molecule has 0 amide bonds. The lowest BCUT2D eigenvalue weighted by Gasteiger charge is -2.10. The number of rotatable bonds is 6. The molecule has 146 valence electrons. The monoisotopic (exact) mass is 422 g/mol. The Morgan fingerprint density at radius 3 is 2.43 bits per heavy atom. The quantitative estimate of drug-likeness (QED) is 0.476. The minimum Gasteiger partial charge on any atom is -0.457 e. The van der Waals surface area contributed by atoms with E-state index in [9.17, 15) is 18.5 Å². The van der Waals surface area contributed by atoms with Crippen molar-refractivity contribution >= 4 is 33.0 Å². The molecule has 11 heteroatoms. The molecule has 1 aromatic heterocycles. The lowest BCUT2D eigenvalue weighted by atomic mass is 10.2. The Morgan fingerprint density at radius 1 is 1.18 bits per heavy atom. The second-order valence-corrected chi connectivity index (χ2v) is 7.97. The number of ether oxygens (including phenoxy) is 1. The maximum atomic E-state index is 12.6. The molecular weight excluding hydrogens is 408 g/mol. The van der Waals surface area contributed by atoms with E-state index in [4.69, 9.17) is 16.3 Å². The van der Waals surface area contributed by atoms with Crippen molar-refractivity contribution in [3.05, 3.63) is 69.5 Å². The molecular formula is C17H15ClN4O5S. The Morgan fingerprint density at radius 2 is 1.86 bits per heavy atom. The van der Waals surface area contributed by atoms with Crippen LogP contribution in [0.5, 0.6) is 11.5 Å². The second kappa shape index (κ2) is 7.49. The summed E-state index contributed by atoms with van der Waals surface area (Å²) in [6.07, 6.45) is 1.35. The highest BCUT2D eigenvalue weighted by molar-refractivity contribution is 7.92. The molecule has 3 aromatic rings. The summed E-state index contributed by atoms with van der Waals surface area (Å²) in [5.41, 5.74) is -0.0356. The van der Waals surface area contributed by atoms with Gasteiger partial charge in [0.25, 0.3) is 15.7 Å². The SMILES string of the molecule is Cc1nn(C)cc1S(=O)(=O)Nc1cc(Oc2ccc(Cl)cc2)cc([N+](=O)[O-])c1. The number of benzene rings is 2. The molecule has 0 aliphatic rings. The zero-order valence-electron chi connectivity index (χ0n) is 14.8. The Hall–Kier alpha value is -3.11. The first kappa shape index (κ1) is 19.6. The van der Waals surface area contributed by atoms with Crippen LogP contribution in [-0.2, 0) is 17.1 Å². The van der Waals surface area contributed by atoms with Crippen LogP contribution in [0.2, 0.25) is 5.02 Å². The van der Waals surface area contributed by atoms with Gasteiger partial charge in [0.05, 0.1) is 22.4 Å². The van der Waals surface area contributed by atoms with Gasteiger partial charge in [0, 0.05) is 30.4 Å². The zero-order valence-corrected chi connectivity index (χ0v) is 16.4. The molecule has 3 rings (SSSR count). The number of non-ortho nitro benzene ring substituents is 1. The molecule has 1 heterocycles. The van der Waals surface area contributed by atoms with Crippen LogP contribution in [0.3, 0.4) is 0 Å². The van der Waals surface area contributed by atoms with Crippen LogP contribution in [0, 0.1) is 17.0 Å². The lowest BCUT2D eigenvalue weighted by Crippen LogP contribution is -2.13. The number of nitro benzene ring substituents is 1. The molecule has 9 nitrogen and oxygen atoms in total. The first-order valence-electron chi connectivity index (χ1n) is 7.90. The molecule has 2 aromatic carbocycles. The van der Waals surface area contributed by atoms with Gasteiger partial charge in [0.1, 0.15) is 16.4 Å². The van der Waals surface area contributed by atoms with Gasteiger partial charge in [0.15, 0.2) is 0 Å². The van der Waals surface area contributed by atoms with Crippen LogP contribution in [0.15, 0.2) is 53.6 Å². The maximum absolute atomic E-state index is 12.6. The van der Waals surface area contributed by atoms with Crippen LogP contribution in [-0.4, -0.2) is 23.1 Å². The maximum Gasteiger partial charge on any atom is 0.275 e. The number of aryl methyl sites for hydroxylation is 2. The number of halogens is 1. The van der Waals surface area contributed by atoms with Crippen LogP contribution in [0.1, 0.15) is 5.69 Å². The molecule has 28 heavy (non-hydrogen) atoms. The van der Waals surface area contributed by atoms with Crippen LogP contribution >= 0.6 is 11.6 Å². The molecule has 0 aliphatic heterocycles. The zero-order chi connectivity index (χ0) is 20.5. The third kappa shape index (κ3) is 4.41. The molecule has 1 N–H and O–H groups in total. The number of nitrogens with one attached hydrogen (secondary N) is 1. The number of hydrogen-bond donors (Lipinski definition) is 1. The van der Waals surface area contributed by atoms with Gasteiger partial charge >= 0.3 is 0 Å². The highest BCUT2D eigenvalue weighted by atomic mass is 35.5. The van der Waals surface area contributed by atoms with Crippen molar-refractivity contribution < 1.29 is 18.1 Å². The first-order chi connectivity index (χ1) is 13.1. The number of hydrogen-bond acceptors (Lipinski definition) is 6. The highest BCUT2D eigenvalue weighted by Crippen LogP contribution is 2.31. The van der Waals surface area contributed by atoms with Gasteiger partial charge < -0.3 is 4.74 Å². The Kier molecular flexibility index (Phi) is 5.25. The predicted molar refractivity (Wildman–Crippen MR) is 103 cm³/mol. The Balaban J connectivity index is 1.96. The minimum atomic E-state index is -3.99. The average Bonchev–Trinajstić information content (AvgIpc) is 2.95. The molecule has 0 unspecified atom stereocenters. The van der Waals surface area contributed by atoms with Crippen molar-refractivity contribution in [2.24, 2.45) is 7.05 Å². The van der Waals surface area contributed by atoms with Crippen LogP contribution in [0.4, 0.5) is 11.4 Å². The van der Waals surface area contributed by atoms with Gasteiger partial charge in [-0.3, -0.25) is 19.5 Å². The third-order valence-corrected chi connectivity index (χ3v) is 5.40. The third-order valence-electron chi connectivity index (χ3n) is 3.66. The van der Waals surface area contributed by atoms with Gasteiger partial charge in [-0.2, -0.15) is 5.10 Å². The average molecular weight is 423 g/mol. The van der Waals surface area contributed by atoms with Crippen molar-refractivity contribution in [2.75, 3.05) is 4.72 Å². The van der Waals surface area contributed by atoms with E-state index in [1.807, 2.05) is 0 Å². The fourth-order valence-electron chi connectivity index (χ4n) is 2.50. The van der Waals surface area contributed by atoms with Crippen molar-refractivity contribution in [3.8, 4) is 11.5 Å². The highest BCUT2D eigenvalue weighted by Gasteiger charge is 2.22. The molecule has 0 atom stereocenters. The second-order valence-electron chi connectivity index (χ2n) is 5.89. The van der Waals surface area contributed by atoms with Crippen molar-refractivity contribution in [2.45, 2.75) is 11.8 Å². The van der Waals surface area contributed by atoms with Gasteiger partial charge in [-0.05, 0) is 31.2 Å². The summed E-state index contributed by atoms with van der Waals surface area (Å²) >= 11 is 5.82. The number of nitrogens with zero attached hydrogens (tertiary/aromatic N) is 3. The normalized spacial score (nSPS) is 11.2. The first-order valence-corrected chi connectivity index (χ1v) is 9.76. The van der Waals surface area contributed by atoms with Crippen molar-refractivity contribution in [1.82, 2.24) is 9.78 Å². The van der Waals surface area contributed by atoms with Crippen molar-refractivity contribution in [1.29, 1.82) is 0 Å². The number of aromatic nitrogens is 2. The fourth-order valence-corrected chi connectivity index (χ4v) is 3.88. The van der Waals surface area contributed by atoms with E-state index < -0.39 is 14.9 Å². The molecule has 0 spiro atoms. The summed E-state index contributed by atoms with van der Waals surface area (Å²) in [6.45, 7) is 1.55. The molecule has 0 aliphatic carbocycles.